The molecule has 4 rings (SSSR count). The fourth-order valence-corrected chi connectivity index (χ4v) is 3.64. The summed E-state index contributed by atoms with van der Waals surface area (Å²) in [7, 11) is 0. The molecule has 1 amide bonds. The summed E-state index contributed by atoms with van der Waals surface area (Å²) < 4.78 is 0. The van der Waals surface area contributed by atoms with Gasteiger partial charge in [-0.25, -0.2) is 4.79 Å². The van der Waals surface area contributed by atoms with Crippen LogP contribution in [0.25, 0.3) is 11.0 Å². The predicted octanol–water partition coefficient (Wildman–Crippen LogP) is 3.00. The van der Waals surface area contributed by atoms with Crippen molar-refractivity contribution in [3.05, 3.63) is 53.4 Å². The number of rotatable bonds is 3. The minimum Gasteiger partial charge on any atom is -0.478 e. The molecule has 1 atom stereocenters. The van der Waals surface area contributed by atoms with Crippen LogP contribution in [0.3, 0.4) is 0 Å². The highest BCUT2D eigenvalue weighted by Gasteiger charge is 2.29. The number of hydrogen-bond acceptors (Lipinski definition) is 3. The fourth-order valence-electron chi connectivity index (χ4n) is 3.64. The van der Waals surface area contributed by atoms with Crippen LogP contribution in [0, 0.1) is 5.92 Å². The molecule has 1 unspecified atom stereocenters. The van der Waals surface area contributed by atoms with Crippen LogP contribution in [-0.2, 0) is 0 Å². The van der Waals surface area contributed by atoms with Gasteiger partial charge >= 0.3 is 5.97 Å². The number of carbonyl (C=O) groups is 2. The van der Waals surface area contributed by atoms with Crippen LogP contribution in [-0.4, -0.2) is 44.9 Å². The van der Waals surface area contributed by atoms with Crippen molar-refractivity contribution in [1.82, 2.24) is 14.9 Å². The molecule has 6 nitrogen and oxygen atoms in total. The average molecular weight is 337 g/mol. The molecule has 6 heteroatoms. The number of aromatic carboxylic acids is 1. The van der Waals surface area contributed by atoms with Gasteiger partial charge < -0.3 is 15.0 Å². The zero-order chi connectivity index (χ0) is 17.4. The number of carboxylic acid groups (broad SMARTS) is 1. The first kappa shape index (κ1) is 15.6. The molecule has 25 heavy (non-hydrogen) atoms. The van der Waals surface area contributed by atoms with Gasteiger partial charge in [0, 0.05) is 25.2 Å². The number of fused-ring (bicyclic) bond motifs is 1. The molecule has 0 spiro atoms. The van der Waals surface area contributed by atoms with E-state index in [4.69, 9.17) is 0 Å². The lowest BCUT2D eigenvalue weighted by molar-refractivity contribution is 0.0697. The second-order valence-electron chi connectivity index (χ2n) is 6.53. The number of likely N-dealkylation sites (tertiary alicyclic amines) is 1. The Morgan fingerprint density at radius 3 is 2.96 bits per heavy atom. The van der Waals surface area contributed by atoms with Crippen molar-refractivity contribution in [3.63, 3.8) is 0 Å². The van der Waals surface area contributed by atoms with Crippen molar-refractivity contribution in [1.29, 1.82) is 0 Å². The van der Waals surface area contributed by atoms with Crippen LogP contribution in [0.15, 0.2) is 42.1 Å². The van der Waals surface area contributed by atoms with Crippen molar-refractivity contribution in [2.24, 2.45) is 5.92 Å². The number of hydrogen-bond donors (Lipinski definition) is 2. The Bertz CT molecular complexity index is 910. The number of aromatic amines is 1. The number of pyridine rings is 1. The standard InChI is InChI=1S/C19H19N3O3/c23-18(22-9-7-13(11-22)12-4-2-1-3-5-12)16-10-15-17(21-16)14(19(24)25)6-8-20-15/h2,4-6,8,10,13,21H,1,3,7,9,11H2,(H,24,25). The molecule has 3 heterocycles. The molecule has 2 N–H and O–H groups in total. The van der Waals surface area contributed by atoms with Gasteiger partial charge in [0.1, 0.15) is 5.69 Å². The second-order valence-corrected chi connectivity index (χ2v) is 6.53. The number of allylic oxidation sites excluding steroid dienone is 3. The van der Waals surface area contributed by atoms with Crippen LogP contribution in [0.2, 0.25) is 0 Å². The number of nitrogens with one attached hydrogen (secondary N) is 1. The van der Waals surface area contributed by atoms with Gasteiger partial charge in [0.05, 0.1) is 16.6 Å². The molecule has 2 aliphatic rings. The summed E-state index contributed by atoms with van der Waals surface area (Å²) in [5, 5.41) is 9.27. The van der Waals surface area contributed by atoms with E-state index in [9.17, 15) is 14.7 Å². The first-order chi connectivity index (χ1) is 12.1. The summed E-state index contributed by atoms with van der Waals surface area (Å²) in [5.74, 6) is -0.750. The first-order valence-corrected chi connectivity index (χ1v) is 8.50. The number of H-pyrrole nitrogens is 1. The van der Waals surface area contributed by atoms with E-state index in [1.165, 1.54) is 17.8 Å². The van der Waals surface area contributed by atoms with E-state index < -0.39 is 5.97 Å². The molecule has 1 aliphatic carbocycles. The largest absolute Gasteiger partial charge is 0.478 e. The zero-order valence-corrected chi connectivity index (χ0v) is 13.7. The van der Waals surface area contributed by atoms with Crippen LogP contribution >= 0.6 is 0 Å². The lowest BCUT2D eigenvalue weighted by Gasteiger charge is -2.17. The highest BCUT2D eigenvalue weighted by atomic mass is 16.4. The Kier molecular flexibility index (Phi) is 3.87. The van der Waals surface area contributed by atoms with E-state index in [0.29, 0.717) is 35.7 Å². The molecule has 1 aliphatic heterocycles. The van der Waals surface area contributed by atoms with Crippen LogP contribution in [0.5, 0.6) is 0 Å². The van der Waals surface area contributed by atoms with Gasteiger partial charge in [0.15, 0.2) is 0 Å². The monoisotopic (exact) mass is 337 g/mol. The molecule has 0 aromatic carbocycles. The molecule has 0 bridgehead atoms. The fraction of sp³-hybridized carbons (Fsp3) is 0.316. The number of aromatic nitrogens is 2. The number of nitrogens with zero attached hydrogens (tertiary/aromatic N) is 2. The van der Waals surface area contributed by atoms with Gasteiger partial charge in [-0.3, -0.25) is 9.78 Å². The molecule has 128 valence electrons. The van der Waals surface area contributed by atoms with Crippen molar-refractivity contribution >= 4 is 22.9 Å². The minimum absolute atomic E-state index is 0.0998. The Morgan fingerprint density at radius 1 is 1.32 bits per heavy atom. The molecular formula is C19H19N3O3. The normalized spacial score (nSPS) is 20.1. The average Bonchev–Trinajstić information content (AvgIpc) is 3.28. The SMILES string of the molecule is O=C(O)c1ccnc2cc(C(=O)N3CCC(C4=CCCC=C4)C3)[nH]c12. The maximum atomic E-state index is 12.8. The third kappa shape index (κ3) is 2.84. The van der Waals surface area contributed by atoms with Gasteiger partial charge in [0.2, 0.25) is 0 Å². The predicted molar refractivity (Wildman–Crippen MR) is 93.5 cm³/mol. The van der Waals surface area contributed by atoms with Gasteiger partial charge in [-0.1, -0.05) is 18.2 Å². The minimum atomic E-state index is -1.04. The summed E-state index contributed by atoms with van der Waals surface area (Å²) in [5.41, 5.74) is 2.74. The summed E-state index contributed by atoms with van der Waals surface area (Å²) >= 11 is 0. The smallest absolute Gasteiger partial charge is 0.337 e. The summed E-state index contributed by atoms with van der Waals surface area (Å²) in [6, 6.07) is 3.07. The van der Waals surface area contributed by atoms with Gasteiger partial charge in [-0.2, -0.15) is 0 Å². The quantitative estimate of drug-likeness (QED) is 0.901. The third-order valence-electron chi connectivity index (χ3n) is 4.95. The topological polar surface area (TPSA) is 86.3 Å². The molecular weight excluding hydrogens is 318 g/mol. The van der Waals surface area contributed by atoms with Crippen LogP contribution < -0.4 is 0 Å². The number of carboxylic acids is 1. The second kappa shape index (κ2) is 6.20. The highest BCUT2D eigenvalue weighted by Crippen LogP contribution is 2.29. The summed E-state index contributed by atoms with van der Waals surface area (Å²) in [4.78, 5) is 33.1. The zero-order valence-electron chi connectivity index (χ0n) is 13.7. The van der Waals surface area contributed by atoms with Crippen molar-refractivity contribution < 1.29 is 14.7 Å². The van der Waals surface area contributed by atoms with E-state index in [1.54, 1.807) is 6.07 Å². The van der Waals surface area contributed by atoms with Crippen molar-refractivity contribution in [2.75, 3.05) is 13.1 Å². The molecule has 2 aromatic heterocycles. The van der Waals surface area contributed by atoms with E-state index in [2.05, 4.69) is 28.2 Å². The summed E-state index contributed by atoms with van der Waals surface area (Å²) in [6.07, 6.45) is 11.2. The Balaban J connectivity index is 1.56. The van der Waals surface area contributed by atoms with Crippen LogP contribution in [0.4, 0.5) is 0 Å². The number of amides is 1. The Hall–Kier alpha value is -2.89. The highest BCUT2D eigenvalue weighted by molar-refractivity contribution is 6.04. The van der Waals surface area contributed by atoms with Crippen LogP contribution in [0.1, 0.15) is 40.1 Å². The van der Waals surface area contributed by atoms with Crippen molar-refractivity contribution in [3.8, 4) is 0 Å². The van der Waals surface area contributed by atoms with E-state index in [1.807, 2.05) is 4.90 Å². The van der Waals surface area contributed by atoms with E-state index in [0.717, 1.165) is 19.3 Å². The maximum Gasteiger partial charge on any atom is 0.337 e. The molecule has 0 radical (unpaired) electrons. The van der Waals surface area contributed by atoms with Gasteiger partial charge in [-0.05, 0) is 37.0 Å². The Morgan fingerprint density at radius 2 is 2.20 bits per heavy atom. The maximum absolute atomic E-state index is 12.8. The molecule has 2 aromatic rings. The summed E-state index contributed by atoms with van der Waals surface area (Å²) in [6.45, 7) is 1.41. The van der Waals surface area contributed by atoms with E-state index in [-0.39, 0.29) is 11.5 Å². The molecule has 0 saturated carbocycles. The van der Waals surface area contributed by atoms with Gasteiger partial charge in [-0.15, -0.1) is 0 Å². The third-order valence-corrected chi connectivity index (χ3v) is 4.95. The molecule has 1 saturated heterocycles. The van der Waals surface area contributed by atoms with Gasteiger partial charge in [0.25, 0.3) is 5.91 Å². The lowest BCUT2D eigenvalue weighted by Crippen LogP contribution is -2.29. The Labute approximate surface area is 144 Å². The lowest BCUT2D eigenvalue weighted by atomic mass is 9.93. The number of carbonyl (C=O) groups excluding carboxylic acids is 1. The molecule has 1 fully saturated rings. The first-order valence-electron chi connectivity index (χ1n) is 8.50. The van der Waals surface area contributed by atoms with Crippen molar-refractivity contribution in [2.45, 2.75) is 19.3 Å². The van der Waals surface area contributed by atoms with E-state index >= 15 is 0 Å².